The number of benzene rings is 1. The zero-order chi connectivity index (χ0) is 14.3. The lowest BCUT2D eigenvalue weighted by atomic mass is 9.96. The van der Waals surface area contributed by atoms with Crippen LogP contribution in [0, 0.1) is 11.8 Å². The third-order valence-electron chi connectivity index (χ3n) is 3.64. The van der Waals surface area contributed by atoms with Crippen LogP contribution in [-0.2, 0) is 6.42 Å². The summed E-state index contributed by atoms with van der Waals surface area (Å²) in [6, 6.07) is 8.20. The van der Waals surface area contributed by atoms with Crippen molar-refractivity contribution in [2.45, 2.75) is 20.3 Å². The quantitative estimate of drug-likeness (QED) is 0.783. The van der Waals surface area contributed by atoms with Gasteiger partial charge < -0.3 is 14.7 Å². The number of nitrogens with zero attached hydrogens (tertiary/aromatic N) is 1. The highest BCUT2D eigenvalue weighted by Gasteiger charge is 2.14. The molecule has 0 aliphatic heterocycles. The van der Waals surface area contributed by atoms with E-state index in [-0.39, 0.29) is 6.61 Å². The van der Waals surface area contributed by atoms with Gasteiger partial charge in [-0.25, -0.2) is 0 Å². The van der Waals surface area contributed by atoms with Gasteiger partial charge in [0.2, 0.25) is 0 Å². The van der Waals surface area contributed by atoms with E-state index in [2.05, 4.69) is 37.9 Å². The molecular weight excluding hydrogens is 238 g/mol. The van der Waals surface area contributed by atoms with Gasteiger partial charge in [-0.05, 0) is 43.0 Å². The number of likely N-dealkylation sites (N-methyl/N-ethyl adjacent to an activating group) is 1. The van der Waals surface area contributed by atoms with E-state index >= 15 is 0 Å². The molecule has 1 atom stereocenters. The molecule has 0 fully saturated rings. The van der Waals surface area contributed by atoms with Crippen LogP contribution >= 0.6 is 0 Å². The lowest BCUT2D eigenvalue weighted by molar-refractivity contribution is 0.147. The average molecular weight is 265 g/mol. The topological polar surface area (TPSA) is 32.7 Å². The molecule has 0 aliphatic carbocycles. The average Bonchev–Trinajstić information content (AvgIpc) is 2.42. The standard InChI is InChI=1S/C16H27NO2/c1-13(2)15(12-18)11-17(3)9-8-14-6-5-7-16(10-14)19-4/h5-7,10,13,15,18H,8-9,11-12H2,1-4H3. The van der Waals surface area contributed by atoms with E-state index in [1.807, 2.05) is 12.1 Å². The fraction of sp³-hybridized carbons (Fsp3) is 0.625. The molecule has 1 rings (SSSR count). The number of ether oxygens (including phenoxy) is 1. The third-order valence-corrected chi connectivity index (χ3v) is 3.64. The van der Waals surface area contributed by atoms with Gasteiger partial charge in [0.25, 0.3) is 0 Å². The van der Waals surface area contributed by atoms with E-state index < -0.39 is 0 Å². The highest BCUT2D eigenvalue weighted by molar-refractivity contribution is 5.28. The van der Waals surface area contributed by atoms with Crippen molar-refractivity contribution in [1.29, 1.82) is 0 Å². The predicted octanol–water partition coefficient (Wildman–Crippen LogP) is 2.43. The van der Waals surface area contributed by atoms with Gasteiger partial charge in [0.05, 0.1) is 7.11 Å². The summed E-state index contributed by atoms with van der Waals surface area (Å²) < 4.78 is 5.23. The summed E-state index contributed by atoms with van der Waals surface area (Å²) in [4.78, 5) is 2.29. The Morgan fingerprint density at radius 2 is 2.05 bits per heavy atom. The highest BCUT2D eigenvalue weighted by atomic mass is 16.5. The van der Waals surface area contributed by atoms with Crippen molar-refractivity contribution >= 4 is 0 Å². The molecule has 0 aromatic heterocycles. The number of rotatable bonds is 8. The van der Waals surface area contributed by atoms with Gasteiger partial charge in [-0.2, -0.15) is 0 Å². The minimum absolute atomic E-state index is 0.265. The Bertz CT molecular complexity index is 366. The maximum absolute atomic E-state index is 9.36. The van der Waals surface area contributed by atoms with E-state index in [1.54, 1.807) is 7.11 Å². The fourth-order valence-corrected chi connectivity index (χ4v) is 2.12. The number of aliphatic hydroxyl groups is 1. The minimum Gasteiger partial charge on any atom is -0.497 e. The summed E-state index contributed by atoms with van der Waals surface area (Å²) in [6.07, 6.45) is 1.00. The molecule has 0 saturated heterocycles. The van der Waals surface area contributed by atoms with Crippen molar-refractivity contribution in [1.82, 2.24) is 4.90 Å². The van der Waals surface area contributed by atoms with Crippen LogP contribution in [0.4, 0.5) is 0 Å². The molecule has 0 amide bonds. The molecule has 0 radical (unpaired) electrons. The summed E-state index contributed by atoms with van der Waals surface area (Å²) >= 11 is 0. The van der Waals surface area contributed by atoms with Crippen LogP contribution in [0.15, 0.2) is 24.3 Å². The Balaban J connectivity index is 2.42. The van der Waals surface area contributed by atoms with Crippen LogP contribution in [0.5, 0.6) is 5.75 Å². The zero-order valence-electron chi connectivity index (χ0n) is 12.6. The highest BCUT2D eigenvalue weighted by Crippen LogP contribution is 2.14. The molecule has 0 aliphatic rings. The summed E-state index contributed by atoms with van der Waals surface area (Å²) in [5.74, 6) is 1.79. The van der Waals surface area contributed by atoms with Gasteiger partial charge in [-0.15, -0.1) is 0 Å². The first-order chi connectivity index (χ1) is 9.06. The Kier molecular flexibility index (Phi) is 6.89. The van der Waals surface area contributed by atoms with Crippen LogP contribution in [0.3, 0.4) is 0 Å². The maximum atomic E-state index is 9.36. The second-order valence-electron chi connectivity index (χ2n) is 5.55. The lowest BCUT2D eigenvalue weighted by Crippen LogP contribution is -2.32. The van der Waals surface area contributed by atoms with Crippen molar-refractivity contribution in [2.75, 3.05) is 33.9 Å². The Hall–Kier alpha value is -1.06. The van der Waals surface area contributed by atoms with Crippen LogP contribution in [0.2, 0.25) is 0 Å². The van der Waals surface area contributed by atoms with Gasteiger partial charge >= 0.3 is 0 Å². The molecule has 1 N–H and O–H groups in total. The molecule has 1 unspecified atom stereocenters. The van der Waals surface area contributed by atoms with Crippen LogP contribution in [0.25, 0.3) is 0 Å². The van der Waals surface area contributed by atoms with E-state index in [1.165, 1.54) is 5.56 Å². The summed E-state index contributed by atoms with van der Waals surface area (Å²) in [5, 5.41) is 9.36. The van der Waals surface area contributed by atoms with E-state index in [4.69, 9.17) is 4.74 Å². The molecular formula is C16H27NO2. The second kappa shape index (κ2) is 8.18. The first kappa shape index (κ1) is 16.0. The third kappa shape index (κ3) is 5.62. The minimum atomic E-state index is 0.265. The molecule has 0 bridgehead atoms. The van der Waals surface area contributed by atoms with Gasteiger partial charge in [-0.1, -0.05) is 26.0 Å². The normalized spacial score (nSPS) is 13.0. The molecule has 0 saturated carbocycles. The Labute approximate surface area is 117 Å². The predicted molar refractivity (Wildman–Crippen MR) is 79.6 cm³/mol. The summed E-state index contributed by atoms with van der Waals surface area (Å²) in [5.41, 5.74) is 1.29. The molecule has 0 spiro atoms. The maximum Gasteiger partial charge on any atom is 0.119 e. The number of methoxy groups -OCH3 is 1. The summed E-state index contributed by atoms with van der Waals surface area (Å²) in [7, 11) is 3.81. The van der Waals surface area contributed by atoms with Crippen molar-refractivity contribution in [3.63, 3.8) is 0 Å². The van der Waals surface area contributed by atoms with Gasteiger partial charge in [0.15, 0.2) is 0 Å². The fourth-order valence-electron chi connectivity index (χ4n) is 2.12. The van der Waals surface area contributed by atoms with Crippen molar-refractivity contribution < 1.29 is 9.84 Å². The van der Waals surface area contributed by atoms with Crippen LogP contribution in [-0.4, -0.2) is 43.9 Å². The van der Waals surface area contributed by atoms with Crippen LogP contribution in [0.1, 0.15) is 19.4 Å². The number of hydrogen-bond donors (Lipinski definition) is 1. The molecule has 3 heteroatoms. The monoisotopic (exact) mass is 265 g/mol. The largest absolute Gasteiger partial charge is 0.497 e. The zero-order valence-corrected chi connectivity index (χ0v) is 12.6. The molecule has 1 aromatic carbocycles. The Morgan fingerprint density at radius 1 is 1.32 bits per heavy atom. The Morgan fingerprint density at radius 3 is 2.63 bits per heavy atom. The SMILES string of the molecule is COc1cccc(CCN(C)CC(CO)C(C)C)c1. The first-order valence-corrected chi connectivity index (χ1v) is 6.99. The van der Waals surface area contributed by atoms with Gasteiger partial charge in [0.1, 0.15) is 5.75 Å². The molecule has 1 aromatic rings. The molecule has 108 valence electrons. The van der Waals surface area contributed by atoms with Crippen molar-refractivity contribution in [2.24, 2.45) is 11.8 Å². The molecule has 19 heavy (non-hydrogen) atoms. The number of aliphatic hydroxyl groups excluding tert-OH is 1. The van der Waals surface area contributed by atoms with E-state index in [9.17, 15) is 5.11 Å². The lowest BCUT2D eigenvalue weighted by Gasteiger charge is -2.25. The van der Waals surface area contributed by atoms with Gasteiger partial charge in [-0.3, -0.25) is 0 Å². The van der Waals surface area contributed by atoms with Crippen LogP contribution < -0.4 is 4.74 Å². The van der Waals surface area contributed by atoms with Crippen molar-refractivity contribution in [3.05, 3.63) is 29.8 Å². The van der Waals surface area contributed by atoms with E-state index in [0.717, 1.165) is 25.3 Å². The van der Waals surface area contributed by atoms with Gasteiger partial charge in [0, 0.05) is 19.7 Å². The molecule has 0 heterocycles. The second-order valence-corrected chi connectivity index (χ2v) is 5.55. The van der Waals surface area contributed by atoms with Crippen molar-refractivity contribution in [3.8, 4) is 5.75 Å². The first-order valence-electron chi connectivity index (χ1n) is 6.99. The van der Waals surface area contributed by atoms with E-state index in [0.29, 0.717) is 11.8 Å². The smallest absolute Gasteiger partial charge is 0.119 e. The summed E-state index contributed by atoms with van der Waals surface area (Å²) in [6.45, 7) is 6.53. The molecule has 3 nitrogen and oxygen atoms in total. The number of hydrogen-bond acceptors (Lipinski definition) is 3.